The normalized spacial score (nSPS) is 11.2. The lowest BCUT2D eigenvalue weighted by molar-refractivity contribution is -0.599. The van der Waals surface area contributed by atoms with E-state index >= 15 is 0 Å². The van der Waals surface area contributed by atoms with E-state index in [9.17, 15) is 0 Å². The molecule has 19 heavy (non-hydrogen) atoms. The fraction of sp³-hybridized carbons (Fsp3) is 0.235. The van der Waals surface area contributed by atoms with Crippen molar-refractivity contribution in [3.63, 3.8) is 0 Å². The Hall–Kier alpha value is -2.09. The lowest BCUT2D eigenvalue weighted by atomic mass is 10.1. The molecule has 0 aliphatic heterocycles. The van der Waals surface area contributed by atoms with Crippen LogP contribution in [0.3, 0.4) is 0 Å². The SMILES string of the molecule is Cc1cc(C)c(-[n+]2[c-]n3c(C)cccc3c2)c(C)c1. The van der Waals surface area contributed by atoms with Gasteiger partial charge in [-0.25, -0.2) is 0 Å². The van der Waals surface area contributed by atoms with Gasteiger partial charge in [0, 0.05) is 11.9 Å². The van der Waals surface area contributed by atoms with Gasteiger partial charge in [-0.3, -0.25) is 8.97 Å². The molecule has 3 aromatic rings. The molecule has 0 bridgehead atoms. The van der Waals surface area contributed by atoms with Gasteiger partial charge in [0.2, 0.25) is 0 Å². The van der Waals surface area contributed by atoms with Gasteiger partial charge >= 0.3 is 0 Å². The zero-order valence-corrected chi connectivity index (χ0v) is 11.9. The van der Waals surface area contributed by atoms with Crippen LogP contribution in [-0.4, -0.2) is 4.40 Å². The molecule has 0 saturated heterocycles. The summed E-state index contributed by atoms with van der Waals surface area (Å²) in [5, 5.41) is 0. The summed E-state index contributed by atoms with van der Waals surface area (Å²) in [6, 6.07) is 10.7. The monoisotopic (exact) mass is 250 g/mol. The first-order valence-electron chi connectivity index (χ1n) is 6.56. The fourth-order valence-electron chi connectivity index (χ4n) is 2.81. The second-order valence-corrected chi connectivity index (χ2v) is 5.27. The second-order valence-electron chi connectivity index (χ2n) is 5.27. The molecule has 0 N–H and O–H groups in total. The minimum absolute atomic E-state index is 1.17. The van der Waals surface area contributed by atoms with Crippen molar-refractivity contribution in [1.29, 1.82) is 0 Å². The van der Waals surface area contributed by atoms with E-state index in [4.69, 9.17) is 0 Å². The highest BCUT2D eigenvalue weighted by Crippen LogP contribution is 2.17. The van der Waals surface area contributed by atoms with Crippen LogP contribution in [0.1, 0.15) is 22.4 Å². The molecule has 0 fully saturated rings. The number of imidazole rings is 1. The van der Waals surface area contributed by atoms with Crippen LogP contribution in [0.2, 0.25) is 0 Å². The van der Waals surface area contributed by atoms with Crippen molar-refractivity contribution in [2.45, 2.75) is 27.7 Å². The topological polar surface area (TPSA) is 8.29 Å². The average Bonchev–Trinajstić information content (AvgIpc) is 2.72. The molecule has 0 atom stereocenters. The highest BCUT2D eigenvalue weighted by molar-refractivity contribution is 5.47. The molecule has 2 nitrogen and oxygen atoms in total. The van der Waals surface area contributed by atoms with Crippen molar-refractivity contribution < 1.29 is 4.57 Å². The van der Waals surface area contributed by atoms with Gasteiger partial charge in [-0.15, -0.1) is 0 Å². The van der Waals surface area contributed by atoms with E-state index in [1.54, 1.807) is 0 Å². The third-order valence-corrected chi connectivity index (χ3v) is 3.56. The standard InChI is InChI=1S/C17H18N2/c1-12-8-13(2)17(14(3)9-12)18-10-16-7-5-6-15(4)19(16)11-18/h5-10H,1-4H3. The average molecular weight is 250 g/mol. The Morgan fingerprint density at radius 3 is 2.32 bits per heavy atom. The van der Waals surface area contributed by atoms with E-state index < -0.39 is 0 Å². The zero-order chi connectivity index (χ0) is 13.6. The fourth-order valence-corrected chi connectivity index (χ4v) is 2.81. The minimum Gasteiger partial charge on any atom is -0.298 e. The maximum atomic E-state index is 3.41. The van der Waals surface area contributed by atoms with Crippen LogP contribution >= 0.6 is 0 Å². The van der Waals surface area contributed by atoms with Gasteiger partial charge in [0.05, 0.1) is 11.2 Å². The summed E-state index contributed by atoms with van der Waals surface area (Å²) in [7, 11) is 0. The zero-order valence-electron chi connectivity index (χ0n) is 11.9. The first-order valence-corrected chi connectivity index (χ1v) is 6.56. The first kappa shape index (κ1) is 12.0. The number of nitrogens with zero attached hydrogens (tertiary/aromatic N) is 2. The van der Waals surface area contributed by atoms with Crippen LogP contribution in [0.25, 0.3) is 11.2 Å². The number of hydrogen-bond acceptors (Lipinski definition) is 0. The molecule has 0 amide bonds. The number of fused-ring (bicyclic) bond motifs is 1. The Bertz CT molecular complexity index is 743. The van der Waals surface area contributed by atoms with Crippen LogP contribution in [-0.2, 0) is 0 Å². The Morgan fingerprint density at radius 1 is 1.00 bits per heavy atom. The lowest BCUT2D eigenvalue weighted by Gasteiger charge is -2.10. The number of hydrogen-bond donors (Lipinski definition) is 0. The Kier molecular flexibility index (Phi) is 2.67. The minimum atomic E-state index is 1.17. The van der Waals surface area contributed by atoms with Crippen molar-refractivity contribution >= 4 is 5.52 Å². The molecule has 0 spiro atoms. The van der Waals surface area contributed by atoms with Gasteiger partial charge in [-0.2, -0.15) is 0 Å². The summed E-state index contributed by atoms with van der Waals surface area (Å²) in [5.74, 6) is 0. The molecule has 0 aliphatic carbocycles. The van der Waals surface area contributed by atoms with Gasteiger partial charge in [0.25, 0.3) is 6.33 Å². The second kappa shape index (κ2) is 4.23. The van der Waals surface area contributed by atoms with Crippen LogP contribution in [0, 0.1) is 34.0 Å². The molecule has 3 rings (SSSR count). The van der Waals surface area contributed by atoms with Crippen LogP contribution in [0.4, 0.5) is 0 Å². The van der Waals surface area contributed by atoms with Gasteiger partial charge in [-0.05, 0) is 38.8 Å². The first-order chi connectivity index (χ1) is 9.06. The molecule has 2 heterocycles. The van der Waals surface area contributed by atoms with Crippen LogP contribution in [0.5, 0.6) is 0 Å². The maximum Gasteiger partial charge on any atom is 0.269 e. The third-order valence-electron chi connectivity index (χ3n) is 3.56. The van der Waals surface area contributed by atoms with Crippen molar-refractivity contribution in [2.75, 3.05) is 0 Å². The summed E-state index contributed by atoms with van der Waals surface area (Å²) in [4.78, 5) is 0. The Morgan fingerprint density at radius 2 is 1.68 bits per heavy atom. The summed E-state index contributed by atoms with van der Waals surface area (Å²) >= 11 is 0. The quantitative estimate of drug-likeness (QED) is 0.463. The number of rotatable bonds is 1. The summed E-state index contributed by atoms with van der Waals surface area (Å²) < 4.78 is 4.20. The molecule has 96 valence electrons. The highest BCUT2D eigenvalue weighted by Gasteiger charge is 2.09. The Labute approximate surface area is 113 Å². The van der Waals surface area contributed by atoms with Crippen molar-refractivity contribution in [1.82, 2.24) is 4.40 Å². The predicted molar refractivity (Wildman–Crippen MR) is 76.7 cm³/mol. The van der Waals surface area contributed by atoms with Gasteiger partial charge < -0.3 is 0 Å². The van der Waals surface area contributed by atoms with Gasteiger partial charge in [0.15, 0.2) is 0 Å². The molecule has 0 radical (unpaired) electrons. The van der Waals surface area contributed by atoms with E-state index in [0.29, 0.717) is 0 Å². The van der Waals surface area contributed by atoms with Crippen LogP contribution < -0.4 is 4.57 Å². The molecule has 2 aromatic heterocycles. The molecule has 1 aromatic carbocycles. The van der Waals surface area contributed by atoms with E-state index in [1.165, 1.54) is 33.6 Å². The molecular formula is C17H18N2. The van der Waals surface area contributed by atoms with E-state index in [-0.39, 0.29) is 0 Å². The van der Waals surface area contributed by atoms with E-state index in [1.807, 2.05) is 0 Å². The number of benzene rings is 1. The molecule has 0 saturated carbocycles. The van der Waals surface area contributed by atoms with Crippen LogP contribution in [0.15, 0.2) is 36.5 Å². The maximum absolute atomic E-state index is 3.41. The molecular weight excluding hydrogens is 232 g/mol. The summed E-state index contributed by atoms with van der Waals surface area (Å²) in [6.07, 6.45) is 5.55. The smallest absolute Gasteiger partial charge is 0.269 e. The summed E-state index contributed by atoms with van der Waals surface area (Å²) in [5.41, 5.74) is 7.46. The number of aryl methyl sites for hydroxylation is 4. The van der Waals surface area contributed by atoms with Crippen molar-refractivity contribution in [3.8, 4) is 5.69 Å². The van der Waals surface area contributed by atoms with E-state index in [0.717, 1.165) is 0 Å². The van der Waals surface area contributed by atoms with Crippen molar-refractivity contribution in [3.05, 3.63) is 65.2 Å². The van der Waals surface area contributed by atoms with Gasteiger partial charge in [0.1, 0.15) is 0 Å². The van der Waals surface area contributed by atoms with E-state index in [2.05, 4.69) is 79.5 Å². The number of pyridine rings is 1. The molecule has 0 aliphatic rings. The van der Waals surface area contributed by atoms with Crippen molar-refractivity contribution in [2.24, 2.45) is 0 Å². The van der Waals surface area contributed by atoms with Gasteiger partial charge in [-0.1, -0.05) is 35.9 Å². The number of aromatic nitrogens is 2. The third kappa shape index (κ3) is 1.93. The molecule has 2 heteroatoms. The summed E-state index contributed by atoms with van der Waals surface area (Å²) in [6.45, 7) is 8.55. The highest BCUT2D eigenvalue weighted by atomic mass is 15.1. The largest absolute Gasteiger partial charge is 0.298 e. The Balaban J connectivity index is 2.28. The molecule has 0 unspecified atom stereocenters. The lowest BCUT2D eigenvalue weighted by Crippen LogP contribution is -2.30. The predicted octanol–water partition coefficient (Wildman–Crippen LogP) is 3.25.